The van der Waals surface area contributed by atoms with Crippen LogP contribution in [0.15, 0.2) is 326 Å². The smallest absolute Gasteiger partial charge is 0.326 e. The fourth-order valence-electron chi connectivity index (χ4n) is 12.7. The van der Waals surface area contributed by atoms with E-state index in [1.165, 1.54) is 50.6 Å². The van der Waals surface area contributed by atoms with Crippen molar-refractivity contribution in [3.05, 3.63) is 388 Å². The summed E-state index contributed by atoms with van der Waals surface area (Å²) in [5.74, 6) is 1.16. The van der Waals surface area contributed by atoms with E-state index in [9.17, 15) is 33.6 Å². The SMILES string of the molecule is Cc1ccc(C(=O)Nc2nnc(CCNc3ccc4ccccc4c3)s2)cc1.Cc1ccc(CCC(=O)C2CCN(Cc3ccccc3)CC2)cc1.Cc1ccc(Oc2ccc(CC(=O)c3ccc(NC(=O)c4ccco4)cc3)cc2)cc1.O=C(NC(=O)c1ccc(-c2ccccc2)cc1)Nc1cccc(NC(=O)c2ccccc2)c1. The number of fused-ring (bicyclic) bond motifs is 1. The third-order valence-corrected chi connectivity index (χ3v) is 20.0. The predicted molar refractivity (Wildman–Crippen MR) is 462 cm³/mol. The van der Waals surface area contributed by atoms with Gasteiger partial charge < -0.3 is 30.4 Å². The average Bonchev–Trinajstić information content (AvgIpc) is 0.983. The number of imide groups is 1. The Hall–Kier alpha value is -14.0. The lowest BCUT2D eigenvalue weighted by Gasteiger charge is -2.31. The van der Waals surface area contributed by atoms with Crippen molar-refractivity contribution in [3.63, 3.8) is 0 Å². The van der Waals surface area contributed by atoms with Gasteiger partial charge in [0.1, 0.15) is 22.3 Å². The van der Waals surface area contributed by atoms with Crippen molar-refractivity contribution < 1.29 is 42.7 Å². The number of nitrogens with one attached hydrogen (secondary N) is 6. The van der Waals surface area contributed by atoms with E-state index in [0.29, 0.717) is 56.7 Å². The van der Waals surface area contributed by atoms with Gasteiger partial charge in [-0.2, -0.15) is 0 Å². The second-order valence-corrected chi connectivity index (χ2v) is 29.0. The molecule has 0 spiro atoms. The number of urea groups is 1. The Kier molecular flexibility index (Phi) is 29.1. The summed E-state index contributed by atoms with van der Waals surface area (Å²) < 4.78 is 10.9. The van der Waals surface area contributed by atoms with E-state index in [-0.39, 0.29) is 41.6 Å². The highest BCUT2D eigenvalue weighted by molar-refractivity contribution is 7.15. The van der Waals surface area contributed by atoms with Crippen molar-refractivity contribution in [2.75, 3.05) is 46.2 Å². The van der Waals surface area contributed by atoms with Crippen LogP contribution in [0, 0.1) is 26.7 Å². The molecule has 0 atom stereocenters. The number of aryl methyl sites for hydroxylation is 4. The van der Waals surface area contributed by atoms with Crippen molar-refractivity contribution in [1.82, 2.24) is 20.4 Å². The molecule has 582 valence electrons. The van der Waals surface area contributed by atoms with Gasteiger partial charge in [0, 0.05) is 83.3 Å². The van der Waals surface area contributed by atoms with Crippen LogP contribution in [0.25, 0.3) is 21.9 Å². The molecule has 0 unspecified atom stereocenters. The molecule has 1 fully saturated rings. The van der Waals surface area contributed by atoms with Crippen molar-refractivity contribution in [2.45, 2.75) is 65.8 Å². The van der Waals surface area contributed by atoms with Crippen LogP contribution in [0.4, 0.5) is 32.7 Å². The van der Waals surface area contributed by atoms with E-state index in [4.69, 9.17) is 9.15 Å². The summed E-state index contributed by atoms with van der Waals surface area (Å²) in [4.78, 5) is 88.9. The zero-order chi connectivity index (χ0) is 80.8. The Balaban J connectivity index is 0.000000143. The van der Waals surface area contributed by atoms with Crippen molar-refractivity contribution >= 4 is 91.2 Å². The number of hydrogen-bond donors (Lipinski definition) is 6. The van der Waals surface area contributed by atoms with Crippen LogP contribution < -0.4 is 36.6 Å². The largest absolute Gasteiger partial charge is 0.459 e. The molecule has 0 aliphatic carbocycles. The molecule has 6 N–H and O–H groups in total. The third-order valence-electron chi connectivity index (χ3n) is 19.1. The monoisotopic (exact) mass is 1560 g/mol. The van der Waals surface area contributed by atoms with Crippen LogP contribution in [0.5, 0.6) is 11.5 Å². The molecular weight excluding hydrogens is 1470 g/mol. The van der Waals surface area contributed by atoms with E-state index in [0.717, 1.165) is 96.3 Å². The Morgan fingerprint density at radius 3 is 1.63 bits per heavy atom. The summed E-state index contributed by atoms with van der Waals surface area (Å²) in [7, 11) is 0. The van der Waals surface area contributed by atoms with E-state index < -0.39 is 11.9 Å². The lowest BCUT2D eigenvalue weighted by Crippen LogP contribution is -2.36. The number of rotatable bonds is 24. The Bertz CT molecular complexity index is 5550. The Morgan fingerprint density at radius 1 is 0.431 bits per heavy atom. The number of aromatic nitrogens is 2. The van der Waals surface area contributed by atoms with Gasteiger partial charge in [0.05, 0.1) is 6.26 Å². The molecule has 0 radical (unpaired) electrons. The zero-order valence-electron chi connectivity index (χ0n) is 64.7. The van der Waals surface area contributed by atoms with Crippen molar-refractivity contribution in [1.29, 1.82) is 0 Å². The number of amides is 6. The number of Topliss-reactive ketones (excluding diaryl/α,β-unsaturated/α-hetero) is 2. The number of hydrogen-bond acceptors (Lipinski definition) is 14. The van der Waals surface area contributed by atoms with Crippen LogP contribution in [0.3, 0.4) is 0 Å². The summed E-state index contributed by atoms with van der Waals surface area (Å²) in [6, 6.07) is 98.2. The minimum absolute atomic E-state index is 0.00360. The van der Waals surface area contributed by atoms with Gasteiger partial charge in [-0.1, -0.05) is 216 Å². The zero-order valence-corrected chi connectivity index (χ0v) is 65.5. The molecule has 12 aromatic carbocycles. The Labute approximate surface area is 679 Å². The van der Waals surface area contributed by atoms with Gasteiger partial charge in [-0.15, -0.1) is 10.2 Å². The number of nitrogens with zero attached hydrogens (tertiary/aromatic N) is 3. The van der Waals surface area contributed by atoms with Crippen LogP contribution in [0.2, 0.25) is 0 Å². The first-order chi connectivity index (χ1) is 56.5. The molecule has 14 aromatic rings. The quantitative estimate of drug-likeness (QED) is 0.0309. The van der Waals surface area contributed by atoms with Gasteiger partial charge in [-0.3, -0.25) is 44.3 Å². The van der Waals surface area contributed by atoms with Crippen molar-refractivity contribution in [3.8, 4) is 22.6 Å². The first kappa shape index (κ1) is 81.5. The topological polar surface area (TPSA) is 243 Å². The first-order valence-corrected chi connectivity index (χ1v) is 39.2. The number of carbonyl (C=O) groups excluding carboxylic acids is 7. The van der Waals surface area contributed by atoms with Gasteiger partial charge in [0.25, 0.3) is 23.6 Å². The number of furan rings is 1. The fourth-order valence-corrected chi connectivity index (χ4v) is 13.4. The number of ketones is 2. The van der Waals surface area contributed by atoms with E-state index >= 15 is 0 Å². The molecule has 0 bridgehead atoms. The second-order valence-electron chi connectivity index (χ2n) is 28.0. The van der Waals surface area contributed by atoms with Crippen LogP contribution in [-0.4, -0.2) is 76.0 Å². The van der Waals surface area contributed by atoms with Gasteiger partial charge in [-0.25, -0.2) is 4.79 Å². The molecule has 1 aliphatic heterocycles. The van der Waals surface area contributed by atoms with Gasteiger partial charge in [0.15, 0.2) is 11.5 Å². The molecule has 2 aromatic heterocycles. The third kappa shape index (κ3) is 25.2. The fraction of sp³-hybridized carbons (Fsp3) is 0.144. The molecule has 1 aliphatic rings. The van der Waals surface area contributed by atoms with Crippen LogP contribution in [-0.2, 0) is 30.6 Å². The van der Waals surface area contributed by atoms with Crippen LogP contribution in [0.1, 0.15) is 110 Å². The van der Waals surface area contributed by atoms with Gasteiger partial charge >= 0.3 is 6.03 Å². The van der Waals surface area contributed by atoms with E-state index in [1.54, 1.807) is 109 Å². The number of likely N-dealkylation sites (tertiary alicyclic amines) is 1. The minimum Gasteiger partial charge on any atom is -0.459 e. The highest BCUT2D eigenvalue weighted by Gasteiger charge is 2.25. The first-order valence-electron chi connectivity index (χ1n) is 38.4. The minimum atomic E-state index is -0.668. The van der Waals surface area contributed by atoms with Crippen LogP contribution >= 0.6 is 11.3 Å². The van der Waals surface area contributed by atoms with Gasteiger partial charge in [0.2, 0.25) is 5.13 Å². The number of ether oxygens (including phenoxy) is 1. The molecule has 6 amide bonds. The maximum Gasteiger partial charge on any atom is 0.326 e. The summed E-state index contributed by atoms with van der Waals surface area (Å²) in [6.45, 7) is 9.94. The average molecular weight is 1560 g/mol. The maximum absolute atomic E-state index is 12.6. The molecular formula is C97H89N9O9S. The normalized spacial score (nSPS) is 11.6. The molecule has 116 heavy (non-hydrogen) atoms. The highest BCUT2D eigenvalue weighted by atomic mass is 32.1. The molecule has 15 rings (SSSR count). The molecule has 18 nitrogen and oxygen atoms in total. The lowest BCUT2D eigenvalue weighted by atomic mass is 9.89. The van der Waals surface area contributed by atoms with E-state index in [2.05, 4.69) is 139 Å². The summed E-state index contributed by atoms with van der Waals surface area (Å²) in [5, 5.41) is 28.8. The van der Waals surface area contributed by atoms with Gasteiger partial charge in [-0.05, 0) is 219 Å². The molecule has 19 heteroatoms. The predicted octanol–water partition coefficient (Wildman–Crippen LogP) is 20.9. The molecule has 0 saturated carbocycles. The molecule has 1 saturated heterocycles. The number of benzene rings is 12. The van der Waals surface area contributed by atoms with E-state index in [1.807, 2.05) is 135 Å². The lowest BCUT2D eigenvalue weighted by molar-refractivity contribution is -0.124. The Morgan fingerprint density at radius 2 is 0.966 bits per heavy atom. The summed E-state index contributed by atoms with van der Waals surface area (Å²) in [6.07, 6.45) is 6.06. The standard InChI is InChI=1S/C27H21N3O3.C26H21NO4.C22H20N4OS.C22H27NO/c31-25(21-10-5-2-6-11-21)28-23-12-7-13-24(18-23)29-27(33)30-26(32)22-16-14-20(15-17-22)19-8-3-1-4-9-19;1-18-4-12-22(13-5-18)31-23-14-6-19(7-15-23)17-24(28)20-8-10-21(11-9-20)27-26(29)25-3-2-16-30-25;1-15-6-8-17(9-7-15)21(27)24-22-26-25-20(28-22)12-13-23-19-11-10-16-4-2-3-5-18(16)14-19;1-18-7-9-19(10-8-18)11-12-22(24)21-13-15-23(16-14-21)17-20-5-3-2-4-6-20/h1-18H,(H,28,31)(H2,29,30,32,33);2-16H,17H2,1H3,(H,27,29);2-11,14,23H,12-13H2,1H3,(H,24,26,27);2-10,21H,11-17H2,1H3. The number of piperidine rings is 1. The summed E-state index contributed by atoms with van der Waals surface area (Å²) >= 11 is 1.40. The van der Waals surface area contributed by atoms with Crippen molar-refractivity contribution in [2.24, 2.45) is 5.92 Å². The number of anilines is 5. The second kappa shape index (κ2) is 41.5. The summed E-state index contributed by atoms with van der Waals surface area (Å²) in [5.41, 5.74) is 13.8. The highest BCUT2D eigenvalue weighted by Crippen LogP contribution is 2.27. The molecule has 3 heterocycles. The maximum atomic E-state index is 12.6. The number of carbonyl (C=O) groups is 7.